The molecule has 2 N–H and O–H groups in total. The Labute approximate surface area is 142 Å². The zero-order valence-corrected chi connectivity index (χ0v) is 13.6. The van der Waals surface area contributed by atoms with Gasteiger partial charge < -0.3 is 10.2 Å². The summed E-state index contributed by atoms with van der Waals surface area (Å²) in [4.78, 5) is 0. The van der Waals surface area contributed by atoms with Gasteiger partial charge in [-0.2, -0.15) is 0 Å². The average molecular weight is 316 g/mol. The number of fused-ring (bicyclic) bond motifs is 1. The number of hydrogen-bond acceptors (Lipinski definition) is 2. The first-order valence-corrected chi connectivity index (χ1v) is 8.30. The summed E-state index contributed by atoms with van der Waals surface area (Å²) < 4.78 is 0. The Morgan fingerprint density at radius 3 is 2.21 bits per heavy atom. The highest BCUT2D eigenvalue weighted by Crippen LogP contribution is 2.49. The number of benzene rings is 3. The molecule has 3 aromatic rings. The Morgan fingerprint density at radius 1 is 0.792 bits per heavy atom. The lowest BCUT2D eigenvalue weighted by Gasteiger charge is -2.22. The van der Waals surface area contributed by atoms with Gasteiger partial charge in [-0.25, -0.2) is 0 Å². The highest BCUT2D eigenvalue weighted by molar-refractivity contribution is 5.53. The van der Waals surface area contributed by atoms with Gasteiger partial charge in [0.1, 0.15) is 11.5 Å². The van der Waals surface area contributed by atoms with Crippen LogP contribution in [0, 0.1) is 6.92 Å². The summed E-state index contributed by atoms with van der Waals surface area (Å²) in [5.74, 6) is 1.15. The van der Waals surface area contributed by atoms with Gasteiger partial charge in [0.25, 0.3) is 0 Å². The van der Waals surface area contributed by atoms with Crippen LogP contribution in [-0.4, -0.2) is 10.2 Å². The van der Waals surface area contributed by atoms with Crippen LogP contribution in [0.3, 0.4) is 0 Å². The Morgan fingerprint density at radius 2 is 1.50 bits per heavy atom. The Kier molecular flexibility index (Phi) is 3.53. The highest BCUT2D eigenvalue weighted by atomic mass is 16.3. The standard InChI is InChI=1S/C22H20O2/c1-14-11-18(24)12-21-19(14)13-20(15-7-9-17(23)10-8-15)22(21)16-5-3-2-4-6-16/h2-12,20,22-24H,13H2,1H3. The van der Waals surface area contributed by atoms with Crippen LogP contribution in [0.1, 0.15) is 39.7 Å². The second kappa shape index (κ2) is 5.72. The van der Waals surface area contributed by atoms with E-state index in [1.54, 1.807) is 12.1 Å². The van der Waals surface area contributed by atoms with Gasteiger partial charge in [0.05, 0.1) is 0 Å². The van der Waals surface area contributed by atoms with Gasteiger partial charge in [-0.3, -0.25) is 0 Å². The Balaban J connectivity index is 1.88. The minimum atomic E-state index is 0.219. The van der Waals surface area contributed by atoms with Crippen LogP contribution in [0.25, 0.3) is 0 Å². The van der Waals surface area contributed by atoms with E-state index in [9.17, 15) is 10.2 Å². The normalized spacial score (nSPS) is 19.2. The smallest absolute Gasteiger partial charge is 0.116 e. The molecule has 1 aliphatic rings. The first kappa shape index (κ1) is 14.8. The van der Waals surface area contributed by atoms with Gasteiger partial charge in [0, 0.05) is 5.92 Å². The fraction of sp³-hybridized carbons (Fsp3) is 0.182. The molecule has 0 bridgehead atoms. The van der Waals surface area contributed by atoms with Crippen LogP contribution in [0.5, 0.6) is 11.5 Å². The molecule has 120 valence electrons. The summed E-state index contributed by atoms with van der Waals surface area (Å²) in [6.45, 7) is 2.07. The predicted molar refractivity (Wildman–Crippen MR) is 95.7 cm³/mol. The summed E-state index contributed by atoms with van der Waals surface area (Å²) >= 11 is 0. The third-order valence-corrected chi connectivity index (χ3v) is 5.13. The number of phenols is 2. The van der Waals surface area contributed by atoms with E-state index in [0.717, 1.165) is 12.0 Å². The average Bonchev–Trinajstić information content (AvgIpc) is 2.96. The molecule has 3 aromatic carbocycles. The van der Waals surface area contributed by atoms with Crippen molar-refractivity contribution in [1.29, 1.82) is 0 Å². The maximum Gasteiger partial charge on any atom is 0.116 e. The SMILES string of the molecule is Cc1cc(O)cc2c1CC(c1ccc(O)cc1)C2c1ccccc1. The van der Waals surface area contributed by atoms with Crippen molar-refractivity contribution < 1.29 is 10.2 Å². The van der Waals surface area contributed by atoms with Gasteiger partial charge in [-0.05, 0) is 71.3 Å². The lowest BCUT2D eigenvalue weighted by molar-refractivity contribution is 0.473. The molecule has 0 heterocycles. The second-order valence-corrected chi connectivity index (χ2v) is 6.62. The third-order valence-electron chi connectivity index (χ3n) is 5.13. The molecule has 0 amide bonds. The van der Waals surface area contributed by atoms with Crippen molar-refractivity contribution in [1.82, 2.24) is 0 Å². The van der Waals surface area contributed by atoms with Crippen LogP contribution >= 0.6 is 0 Å². The van der Waals surface area contributed by atoms with Crippen molar-refractivity contribution in [2.24, 2.45) is 0 Å². The van der Waals surface area contributed by atoms with Crippen LogP contribution in [0.4, 0.5) is 0 Å². The van der Waals surface area contributed by atoms with Gasteiger partial charge in [-0.1, -0.05) is 42.5 Å². The first-order chi connectivity index (χ1) is 11.6. The van der Waals surface area contributed by atoms with E-state index < -0.39 is 0 Å². The molecule has 0 saturated carbocycles. The molecule has 2 nitrogen and oxygen atoms in total. The summed E-state index contributed by atoms with van der Waals surface area (Å²) in [5.41, 5.74) is 6.18. The highest BCUT2D eigenvalue weighted by Gasteiger charge is 2.35. The lowest BCUT2D eigenvalue weighted by atomic mass is 9.82. The quantitative estimate of drug-likeness (QED) is 0.707. The van der Waals surface area contributed by atoms with E-state index in [-0.39, 0.29) is 5.92 Å². The minimum Gasteiger partial charge on any atom is -0.508 e. The molecule has 2 unspecified atom stereocenters. The third kappa shape index (κ3) is 2.44. The first-order valence-electron chi connectivity index (χ1n) is 8.30. The molecule has 2 heteroatoms. The fourth-order valence-electron chi connectivity index (χ4n) is 4.04. The number of rotatable bonds is 2. The molecule has 0 aromatic heterocycles. The van der Waals surface area contributed by atoms with E-state index >= 15 is 0 Å². The maximum atomic E-state index is 10.1. The van der Waals surface area contributed by atoms with Gasteiger partial charge in [-0.15, -0.1) is 0 Å². The second-order valence-electron chi connectivity index (χ2n) is 6.62. The molecule has 1 aliphatic carbocycles. The number of phenolic OH excluding ortho intramolecular Hbond substituents is 2. The topological polar surface area (TPSA) is 40.5 Å². The molecule has 0 spiro atoms. The monoisotopic (exact) mass is 316 g/mol. The minimum absolute atomic E-state index is 0.219. The van der Waals surface area contributed by atoms with Gasteiger partial charge in [0.15, 0.2) is 0 Å². The van der Waals surface area contributed by atoms with E-state index in [4.69, 9.17) is 0 Å². The molecule has 2 atom stereocenters. The molecule has 0 aliphatic heterocycles. The maximum absolute atomic E-state index is 10.1. The molecular formula is C22H20O2. The van der Waals surface area contributed by atoms with E-state index in [0.29, 0.717) is 17.4 Å². The summed E-state index contributed by atoms with van der Waals surface area (Å²) in [5, 5.41) is 19.7. The summed E-state index contributed by atoms with van der Waals surface area (Å²) in [6.07, 6.45) is 0.950. The van der Waals surface area contributed by atoms with Crippen molar-refractivity contribution >= 4 is 0 Å². The Hall–Kier alpha value is -2.74. The molecular weight excluding hydrogens is 296 g/mol. The van der Waals surface area contributed by atoms with Crippen LogP contribution < -0.4 is 0 Å². The van der Waals surface area contributed by atoms with E-state index in [1.807, 2.05) is 30.3 Å². The fourth-order valence-corrected chi connectivity index (χ4v) is 4.04. The van der Waals surface area contributed by atoms with Crippen LogP contribution in [0.15, 0.2) is 66.7 Å². The number of hydrogen-bond donors (Lipinski definition) is 2. The summed E-state index contributed by atoms with van der Waals surface area (Å²) in [6, 6.07) is 21.8. The Bertz CT molecular complexity index is 866. The van der Waals surface area contributed by atoms with Crippen molar-refractivity contribution in [3.8, 4) is 11.5 Å². The van der Waals surface area contributed by atoms with Crippen molar-refractivity contribution in [3.63, 3.8) is 0 Å². The van der Waals surface area contributed by atoms with E-state index in [1.165, 1.54) is 22.3 Å². The molecule has 4 rings (SSSR count). The van der Waals surface area contributed by atoms with Crippen LogP contribution in [-0.2, 0) is 6.42 Å². The largest absolute Gasteiger partial charge is 0.508 e. The molecule has 0 radical (unpaired) electrons. The predicted octanol–water partition coefficient (Wildman–Crippen LogP) is 4.88. The molecule has 24 heavy (non-hydrogen) atoms. The van der Waals surface area contributed by atoms with Crippen molar-refractivity contribution in [3.05, 3.63) is 94.5 Å². The van der Waals surface area contributed by atoms with Crippen molar-refractivity contribution in [2.45, 2.75) is 25.2 Å². The van der Waals surface area contributed by atoms with Crippen molar-refractivity contribution in [2.75, 3.05) is 0 Å². The lowest BCUT2D eigenvalue weighted by Crippen LogP contribution is -2.07. The van der Waals surface area contributed by atoms with Crippen LogP contribution in [0.2, 0.25) is 0 Å². The number of aromatic hydroxyl groups is 2. The molecule has 0 fully saturated rings. The molecule has 0 saturated heterocycles. The summed E-state index contributed by atoms with van der Waals surface area (Å²) in [7, 11) is 0. The van der Waals surface area contributed by atoms with Gasteiger partial charge >= 0.3 is 0 Å². The van der Waals surface area contributed by atoms with Gasteiger partial charge in [0.2, 0.25) is 0 Å². The number of aryl methyl sites for hydroxylation is 1. The zero-order valence-electron chi connectivity index (χ0n) is 13.6. The van der Waals surface area contributed by atoms with E-state index in [2.05, 4.69) is 31.2 Å². The zero-order chi connectivity index (χ0) is 16.7.